The summed E-state index contributed by atoms with van der Waals surface area (Å²) in [5.74, 6) is 0.585. The zero-order valence-electron chi connectivity index (χ0n) is 9.36. The fourth-order valence-corrected chi connectivity index (χ4v) is 2.23. The minimum atomic E-state index is 0.585. The first-order valence-electron chi connectivity index (χ1n) is 5.55. The van der Waals surface area contributed by atoms with Crippen molar-refractivity contribution in [1.82, 2.24) is 0 Å². The first-order valence-corrected chi connectivity index (χ1v) is 6.63. The van der Waals surface area contributed by atoms with Crippen LogP contribution in [0.5, 0.6) is 0 Å². The Morgan fingerprint density at radius 3 is 2.19 bits per heavy atom. The van der Waals surface area contributed by atoms with Gasteiger partial charge in [-0.05, 0) is 58.2 Å². The van der Waals surface area contributed by atoms with Crippen molar-refractivity contribution in [3.8, 4) is 0 Å². The molecule has 0 saturated carbocycles. The Bertz CT molecular complexity index is 431. The van der Waals surface area contributed by atoms with Crippen molar-refractivity contribution in [2.45, 2.75) is 19.3 Å². The number of hydrogen-bond acceptors (Lipinski definition) is 0. The van der Waals surface area contributed by atoms with Gasteiger partial charge in [-0.2, -0.15) is 0 Å². The molecule has 0 unspecified atom stereocenters. The molecule has 0 heterocycles. The average molecular weight is 322 g/mol. The third-order valence-electron chi connectivity index (χ3n) is 2.82. The molecule has 1 heteroatoms. The lowest BCUT2D eigenvalue weighted by Gasteiger charge is -2.11. The molecule has 0 radical (unpaired) electrons. The normalized spacial score (nSPS) is 12.4. The van der Waals surface area contributed by atoms with Gasteiger partial charge in [-0.3, -0.25) is 0 Å². The van der Waals surface area contributed by atoms with E-state index >= 15 is 0 Å². The van der Waals surface area contributed by atoms with E-state index in [1.807, 2.05) is 0 Å². The summed E-state index contributed by atoms with van der Waals surface area (Å²) in [6, 6.07) is 19.5. The maximum absolute atomic E-state index is 2.34. The van der Waals surface area contributed by atoms with Gasteiger partial charge >= 0.3 is 0 Å². The molecular weight excluding hydrogens is 307 g/mol. The second kappa shape index (κ2) is 5.48. The van der Waals surface area contributed by atoms with Crippen LogP contribution in [-0.4, -0.2) is 0 Å². The van der Waals surface area contributed by atoms with Crippen molar-refractivity contribution >= 4 is 22.6 Å². The van der Waals surface area contributed by atoms with Crippen molar-refractivity contribution in [3.63, 3.8) is 0 Å². The molecule has 0 N–H and O–H groups in total. The lowest BCUT2D eigenvalue weighted by molar-refractivity contribution is 0.759. The Balaban J connectivity index is 2.08. The number of halogens is 1. The van der Waals surface area contributed by atoms with Crippen LogP contribution in [0.3, 0.4) is 0 Å². The van der Waals surface area contributed by atoms with Crippen molar-refractivity contribution in [1.29, 1.82) is 0 Å². The maximum atomic E-state index is 2.34. The van der Waals surface area contributed by atoms with Crippen LogP contribution in [0.15, 0.2) is 54.6 Å². The summed E-state index contributed by atoms with van der Waals surface area (Å²) in [7, 11) is 0. The summed E-state index contributed by atoms with van der Waals surface area (Å²) >= 11 is 2.34. The second-order valence-corrected chi connectivity index (χ2v) is 5.39. The van der Waals surface area contributed by atoms with Gasteiger partial charge in [0.15, 0.2) is 0 Å². The van der Waals surface area contributed by atoms with E-state index in [-0.39, 0.29) is 0 Å². The molecule has 0 spiro atoms. The van der Waals surface area contributed by atoms with Crippen molar-refractivity contribution < 1.29 is 0 Å². The zero-order chi connectivity index (χ0) is 11.4. The van der Waals surface area contributed by atoms with E-state index in [0.29, 0.717) is 5.92 Å². The van der Waals surface area contributed by atoms with Gasteiger partial charge in [-0.1, -0.05) is 49.4 Å². The van der Waals surface area contributed by atoms with Gasteiger partial charge < -0.3 is 0 Å². The molecule has 0 aliphatic carbocycles. The van der Waals surface area contributed by atoms with Gasteiger partial charge in [0.25, 0.3) is 0 Å². The Hall–Kier alpha value is -0.830. The van der Waals surface area contributed by atoms with Gasteiger partial charge in [0, 0.05) is 3.57 Å². The third-order valence-corrected chi connectivity index (χ3v) is 3.54. The van der Waals surface area contributed by atoms with Crippen LogP contribution in [0, 0.1) is 3.57 Å². The first-order chi connectivity index (χ1) is 7.75. The van der Waals surface area contributed by atoms with Gasteiger partial charge in [-0.15, -0.1) is 0 Å². The largest absolute Gasteiger partial charge is 0.0622 e. The quantitative estimate of drug-likeness (QED) is 0.722. The van der Waals surface area contributed by atoms with Crippen LogP contribution in [-0.2, 0) is 6.42 Å². The second-order valence-electron chi connectivity index (χ2n) is 4.14. The van der Waals surface area contributed by atoms with Crippen LogP contribution in [0.4, 0.5) is 0 Å². The minimum absolute atomic E-state index is 0.585. The Morgan fingerprint density at radius 1 is 0.938 bits per heavy atom. The molecule has 0 saturated heterocycles. The van der Waals surface area contributed by atoms with Crippen molar-refractivity contribution in [2.24, 2.45) is 0 Å². The number of hydrogen-bond donors (Lipinski definition) is 0. The minimum Gasteiger partial charge on any atom is -0.0622 e. The molecular formula is C15H15I. The third kappa shape index (κ3) is 3.08. The molecule has 16 heavy (non-hydrogen) atoms. The fraction of sp³-hybridized carbons (Fsp3) is 0.200. The summed E-state index contributed by atoms with van der Waals surface area (Å²) in [6.07, 6.45) is 1.11. The topological polar surface area (TPSA) is 0 Å². The van der Waals surface area contributed by atoms with Crippen LogP contribution < -0.4 is 0 Å². The molecule has 2 aromatic carbocycles. The van der Waals surface area contributed by atoms with Crippen LogP contribution in [0.2, 0.25) is 0 Å². The predicted molar refractivity (Wildman–Crippen MR) is 77.7 cm³/mol. The Morgan fingerprint density at radius 2 is 1.56 bits per heavy atom. The summed E-state index contributed by atoms with van der Waals surface area (Å²) in [4.78, 5) is 0. The molecule has 82 valence electrons. The van der Waals surface area contributed by atoms with E-state index in [2.05, 4.69) is 84.1 Å². The molecule has 0 aliphatic rings. The van der Waals surface area contributed by atoms with Gasteiger partial charge in [0.05, 0.1) is 0 Å². The molecule has 0 fully saturated rings. The lowest BCUT2D eigenvalue weighted by atomic mass is 9.94. The molecule has 0 aromatic heterocycles. The number of benzene rings is 2. The Kier molecular flexibility index (Phi) is 3.99. The first kappa shape index (κ1) is 11.6. The van der Waals surface area contributed by atoms with Crippen LogP contribution in [0.25, 0.3) is 0 Å². The monoisotopic (exact) mass is 322 g/mol. The van der Waals surface area contributed by atoms with Gasteiger partial charge in [0.2, 0.25) is 0 Å². The van der Waals surface area contributed by atoms with E-state index in [1.165, 1.54) is 14.7 Å². The van der Waals surface area contributed by atoms with Crippen LogP contribution in [0.1, 0.15) is 24.0 Å². The zero-order valence-corrected chi connectivity index (χ0v) is 11.5. The van der Waals surface area contributed by atoms with E-state index in [1.54, 1.807) is 0 Å². The van der Waals surface area contributed by atoms with Crippen molar-refractivity contribution in [3.05, 3.63) is 69.3 Å². The van der Waals surface area contributed by atoms with Crippen molar-refractivity contribution in [2.75, 3.05) is 0 Å². The standard InChI is InChI=1S/C15H15I/c1-12(14-5-3-2-4-6-14)11-13-7-9-15(16)10-8-13/h2-10,12H,11H2,1H3/t12-/m1/s1. The Labute approximate surface area is 111 Å². The van der Waals surface area contributed by atoms with Crippen LogP contribution >= 0.6 is 22.6 Å². The van der Waals surface area contributed by atoms with E-state index in [9.17, 15) is 0 Å². The molecule has 0 amide bonds. The molecule has 0 nitrogen and oxygen atoms in total. The highest BCUT2D eigenvalue weighted by Gasteiger charge is 2.05. The smallest absolute Gasteiger partial charge is 0.0130 e. The molecule has 1 atom stereocenters. The highest BCUT2D eigenvalue weighted by atomic mass is 127. The van der Waals surface area contributed by atoms with Gasteiger partial charge in [-0.25, -0.2) is 0 Å². The van der Waals surface area contributed by atoms with E-state index < -0.39 is 0 Å². The summed E-state index contributed by atoms with van der Waals surface area (Å²) in [5, 5.41) is 0. The summed E-state index contributed by atoms with van der Waals surface area (Å²) < 4.78 is 1.30. The van der Waals surface area contributed by atoms with E-state index in [0.717, 1.165) is 6.42 Å². The maximum Gasteiger partial charge on any atom is 0.0130 e. The summed E-state index contributed by atoms with van der Waals surface area (Å²) in [5.41, 5.74) is 2.83. The highest BCUT2D eigenvalue weighted by molar-refractivity contribution is 14.1. The molecule has 2 aromatic rings. The SMILES string of the molecule is C[C@H](Cc1ccc(I)cc1)c1ccccc1. The highest BCUT2D eigenvalue weighted by Crippen LogP contribution is 2.20. The lowest BCUT2D eigenvalue weighted by Crippen LogP contribution is -1.97. The van der Waals surface area contributed by atoms with E-state index in [4.69, 9.17) is 0 Å². The molecule has 0 bridgehead atoms. The summed E-state index contributed by atoms with van der Waals surface area (Å²) in [6.45, 7) is 2.29. The van der Waals surface area contributed by atoms with Gasteiger partial charge in [0.1, 0.15) is 0 Å². The predicted octanol–water partition coefficient (Wildman–Crippen LogP) is 4.64. The number of rotatable bonds is 3. The molecule has 2 rings (SSSR count). The average Bonchev–Trinajstić information content (AvgIpc) is 2.33. The molecule has 0 aliphatic heterocycles. The fourth-order valence-electron chi connectivity index (χ4n) is 1.87.